The van der Waals surface area contributed by atoms with Crippen LogP contribution >= 0.6 is 11.6 Å². The van der Waals surface area contributed by atoms with E-state index >= 15 is 0 Å². The molecule has 2 heterocycles. The van der Waals surface area contributed by atoms with Crippen LogP contribution in [0.2, 0.25) is 5.02 Å². The molecule has 0 radical (unpaired) electrons. The molecule has 0 amide bonds. The van der Waals surface area contributed by atoms with E-state index in [-0.39, 0.29) is 23.9 Å². The van der Waals surface area contributed by atoms with Gasteiger partial charge in [0, 0.05) is 30.1 Å². The lowest BCUT2D eigenvalue weighted by Gasteiger charge is -2.29. The van der Waals surface area contributed by atoms with Crippen molar-refractivity contribution in [1.82, 2.24) is 9.29 Å². The second-order valence-corrected chi connectivity index (χ2v) is 8.91. The summed E-state index contributed by atoms with van der Waals surface area (Å²) in [4.78, 5) is 14.7. The second-order valence-electron chi connectivity index (χ2n) is 6.57. The van der Waals surface area contributed by atoms with Gasteiger partial charge in [0.25, 0.3) is 5.69 Å². The average molecular weight is 422 g/mol. The van der Waals surface area contributed by atoms with Crippen LogP contribution in [0.1, 0.15) is 24.7 Å². The van der Waals surface area contributed by atoms with Gasteiger partial charge in [0.15, 0.2) is 16.4 Å². The minimum atomic E-state index is -3.95. The van der Waals surface area contributed by atoms with E-state index in [0.717, 1.165) is 0 Å². The fourth-order valence-electron chi connectivity index (χ4n) is 3.40. The number of nitrogens with zero attached hydrogens (tertiary/aromatic N) is 3. The lowest BCUT2D eigenvalue weighted by Crippen LogP contribution is -2.38. The highest BCUT2D eigenvalue weighted by molar-refractivity contribution is 7.89. The minimum absolute atomic E-state index is 0.0246. The average Bonchev–Trinajstić information content (AvgIpc) is 3.11. The molecule has 28 heavy (non-hydrogen) atoms. The van der Waals surface area contributed by atoms with Gasteiger partial charge in [0.05, 0.1) is 4.92 Å². The third kappa shape index (κ3) is 3.36. The Balaban J connectivity index is 1.54. The summed E-state index contributed by atoms with van der Waals surface area (Å²) in [6.07, 6.45) is 1.03. The van der Waals surface area contributed by atoms with Crippen LogP contribution in [0.4, 0.5) is 5.69 Å². The first-order valence-electron chi connectivity index (χ1n) is 8.66. The molecule has 1 fully saturated rings. The Morgan fingerprint density at radius 1 is 1.18 bits per heavy atom. The van der Waals surface area contributed by atoms with Gasteiger partial charge in [-0.2, -0.15) is 4.31 Å². The lowest BCUT2D eigenvalue weighted by molar-refractivity contribution is -0.387. The van der Waals surface area contributed by atoms with Crippen LogP contribution in [0.25, 0.3) is 11.1 Å². The van der Waals surface area contributed by atoms with E-state index in [1.165, 1.54) is 28.6 Å². The van der Waals surface area contributed by atoms with Crippen molar-refractivity contribution in [2.75, 3.05) is 13.1 Å². The number of sulfonamides is 1. The number of fused-ring (bicyclic) bond motifs is 1. The lowest BCUT2D eigenvalue weighted by atomic mass is 9.98. The summed E-state index contributed by atoms with van der Waals surface area (Å²) in [7, 11) is -3.95. The third-order valence-electron chi connectivity index (χ3n) is 4.85. The van der Waals surface area contributed by atoms with E-state index in [0.29, 0.717) is 34.9 Å². The topological polar surface area (TPSA) is 107 Å². The van der Waals surface area contributed by atoms with Gasteiger partial charge in [-0.3, -0.25) is 10.1 Å². The zero-order valence-corrected chi connectivity index (χ0v) is 16.2. The Hall–Kier alpha value is -2.49. The summed E-state index contributed by atoms with van der Waals surface area (Å²) in [6, 6.07) is 10.6. The number of para-hydroxylation sites is 1. The molecule has 1 aliphatic rings. The number of hydrogen-bond donors (Lipinski definition) is 0. The van der Waals surface area contributed by atoms with Gasteiger partial charge in [-0.05, 0) is 37.1 Å². The van der Waals surface area contributed by atoms with E-state index in [4.69, 9.17) is 16.0 Å². The van der Waals surface area contributed by atoms with Crippen LogP contribution in [-0.2, 0) is 10.0 Å². The minimum Gasteiger partial charge on any atom is -0.440 e. The first-order chi connectivity index (χ1) is 13.4. The molecule has 0 unspecified atom stereocenters. The smallest absolute Gasteiger partial charge is 0.289 e. The van der Waals surface area contributed by atoms with Crippen LogP contribution in [0.3, 0.4) is 0 Å². The van der Waals surface area contributed by atoms with Gasteiger partial charge >= 0.3 is 0 Å². The number of rotatable bonds is 4. The van der Waals surface area contributed by atoms with E-state index in [2.05, 4.69) is 4.98 Å². The van der Waals surface area contributed by atoms with Crippen LogP contribution in [0, 0.1) is 10.1 Å². The fraction of sp³-hybridized carbons (Fsp3) is 0.278. The predicted molar refractivity (Wildman–Crippen MR) is 103 cm³/mol. The Labute approximate surface area is 165 Å². The first kappa shape index (κ1) is 18.9. The highest BCUT2D eigenvalue weighted by atomic mass is 35.5. The van der Waals surface area contributed by atoms with E-state index in [1.54, 1.807) is 18.2 Å². The summed E-state index contributed by atoms with van der Waals surface area (Å²) in [5, 5.41) is 11.8. The number of hydrogen-bond acceptors (Lipinski definition) is 6. The van der Waals surface area contributed by atoms with Crippen molar-refractivity contribution in [3.05, 3.63) is 63.5 Å². The van der Waals surface area contributed by atoms with Crippen molar-refractivity contribution in [2.24, 2.45) is 0 Å². The predicted octanol–water partition coefficient (Wildman–Crippen LogP) is 3.96. The first-order valence-corrected chi connectivity index (χ1v) is 10.5. The van der Waals surface area contributed by atoms with Crippen molar-refractivity contribution in [1.29, 1.82) is 0 Å². The molecule has 1 aliphatic heterocycles. The molecular formula is C18H16ClN3O5S. The number of nitro groups is 1. The zero-order valence-electron chi connectivity index (χ0n) is 14.6. The maximum Gasteiger partial charge on any atom is 0.289 e. The zero-order chi connectivity index (χ0) is 19.9. The summed E-state index contributed by atoms with van der Waals surface area (Å²) < 4.78 is 32.9. The summed E-state index contributed by atoms with van der Waals surface area (Å²) in [6.45, 7) is 0.469. The largest absolute Gasteiger partial charge is 0.440 e. The van der Waals surface area contributed by atoms with Gasteiger partial charge in [-0.15, -0.1) is 0 Å². The molecule has 10 heteroatoms. The van der Waals surface area contributed by atoms with Gasteiger partial charge in [0.2, 0.25) is 10.0 Å². The normalized spacial score (nSPS) is 16.5. The Morgan fingerprint density at radius 2 is 1.89 bits per heavy atom. The SMILES string of the molecule is O=[N+]([O-])c1ccccc1S(=O)(=O)N1CCC(c2nc3cc(Cl)ccc3o2)CC1. The highest BCUT2D eigenvalue weighted by Gasteiger charge is 2.35. The Bertz CT molecular complexity index is 1150. The quantitative estimate of drug-likeness (QED) is 0.466. The molecule has 0 bridgehead atoms. The van der Waals surface area contributed by atoms with Crippen molar-refractivity contribution < 1.29 is 17.8 Å². The van der Waals surface area contributed by atoms with Crippen molar-refractivity contribution >= 4 is 38.4 Å². The van der Waals surface area contributed by atoms with Crippen molar-refractivity contribution in [3.63, 3.8) is 0 Å². The van der Waals surface area contributed by atoms with Gasteiger partial charge in [-0.1, -0.05) is 23.7 Å². The molecule has 0 N–H and O–H groups in total. The molecule has 8 nitrogen and oxygen atoms in total. The number of piperidine rings is 1. The molecule has 0 spiro atoms. The van der Waals surface area contributed by atoms with E-state index in [1.807, 2.05) is 0 Å². The number of benzene rings is 2. The molecule has 3 aromatic rings. The van der Waals surface area contributed by atoms with E-state index < -0.39 is 20.6 Å². The second kappa shape index (κ2) is 7.16. The Morgan fingerprint density at radius 3 is 2.61 bits per heavy atom. The summed E-state index contributed by atoms with van der Waals surface area (Å²) in [5.74, 6) is 0.531. The number of nitro benzene ring substituents is 1. The molecule has 146 valence electrons. The molecule has 4 rings (SSSR count). The van der Waals surface area contributed by atoms with Crippen molar-refractivity contribution in [3.8, 4) is 0 Å². The molecular weight excluding hydrogens is 406 g/mol. The number of aromatic nitrogens is 1. The maximum atomic E-state index is 12.9. The number of oxazole rings is 1. The summed E-state index contributed by atoms with van der Waals surface area (Å²) in [5.41, 5.74) is 0.882. The van der Waals surface area contributed by atoms with Gasteiger partial charge in [0.1, 0.15) is 5.52 Å². The fourth-order valence-corrected chi connectivity index (χ4v) is 5.19. The van der Waals surface area contributed by atoms with Crippen LogP contribution in [0.15, 0.2) is 51.8 Å². The molecule has 0 atom stereocenters. The molecule has 2 aromatic carbocycles. The number of halogens is 1. The highest BCUT2D eigenvalue weighted by Crippen LogP contribution is 2.34. The van der Waals surface area contributed by atoms with E-state index in [9.17, 15) is 18.5 Å². The molecule has 0 saturated carbocycles. The standard InChI is InChI=1S/C18H16ClN3O5S/c19-13-5-6-16-14(11-13)20-18(27-16)12-7-9-21(10-8-12)28(25,26)17-4-2-1-3-15(17)22(23)24/h1-6,11-12H,7-10H2. The Kier molecular flexibility index (Phi) is 4.82. The summed E-state index contributed by atoms with van der Waals surface area (Å²) >= 11 is 5.97. The van der Waals surface area contributed by atoms with Crippen LogP contribution in [-0.4, -0.2) is 35.7 Å². The van der Waals surface area contributed by atoms with Gasteiger partial charge < -0.3 is 4.42 Å². The molecule has 1 aromatic heterocycles. The maximum absolute atomic E-state index is 12.9. The van der Waals surface area contributed by atoms with Crippen molar-refractivity contribution in [2.45, 2.75) is 23.7 Å². The molecule has 0 aliphatic carbocycles. The van der Waals surface area contributed by atoms with Crippen LogP contribution < -0.4 is 0 Å². The van der Waals surface area contributed by atoms with Crippen LogP contribution in [0.5, 0.6) is 0 Å². The monoisotopic (exact) mass is 421 g/mol. The molecule has 1 saturated heterocycles. The van der Waals surface area contributed by atoms with Gasteiger partial charge in [-0.25, -0.2) is 13.4 Å². The third-order valence-corrected chi connectivity index (χ3v) is 7.03.